The summed E-state index contributed by atoms with van der Waals surface area (Å²) < 4.78 is 27.9. The molecule has 0 heterocycles. The van der Waals surface area contributed by atoms with Crippen molar-refractivity contribution in [2.24, 2.45) is 5.14 Å². The van der Waals surface area contributed by atoms with Crippen LogP contribution in [0.25, 0.3) is 0 Å². The number of hydrogen-bond acceptors (Lipinski definition) is 4. The molecule has 0 spiro atoms. The van der Waals surface area contributed by atoms with E-state index in [2.05, 4.69) is 32.0 Å². The van der Waals surface area contributed by atoms with Gasteiger partial charge in [0.25, 0.3) is 0 Å². The van der Waals surface area contributed by atoms with E-state index in [1.807, 2.05) is 0 Å². The molecule has 0 unspecified atom stereocenters. The minimum Gasteiger partial charge on any atom is -0.493 e. The predicted octanol–water partition coefficient (Wildman–Crippen LogP) is 3.12. The lowest BCUT2D eigenvalue weighted by molar-refractivity contribution is 0.343. The molecule has 0 atom stereocenters. The van der Waals surface area contributed by atoms with Crippen molar-refractivity contribution in [3.8, 4) is 5.75 Å². The fourth-order valence-electron chi connectivity index (χ4n) is 1.85. The SMILES string of the molecule is Cc1ccc(SCCOc2ccc(S(N)(=O)=O)cc2)cc1C. The van der Waals surface area contributed by atoms with Gasteiger partial charge in [-0.15, -0.1) is 11.8 Å². The molecule has 2 N–H and O–H groups in total. The van der Waals surface area contributed by atoms with Crippen LogP contribution in [0, 0.1) is 13.8 Å². The quantitative estimate of drug-likeness (QED) is 0.649. The summed E-state index contributed by atoms with van der Waals surface area (Å²) in [5, 5.41) is 5.04. The Balaban J connectivity index is 1.82. The highest BCUT2D eigenvalue weighted by Crippen LogP contribution is 2.21. The zero-order valence-corrected chi connectivity index (χ0v) is 14.2. The smallest absolute Gasteiger partial charge is 0.238 e. The van der Waals surface area contributed by atoms with Crippen LogP contribution in [0.4, 0.5) is 0 Å². The van der Waals surface area contributed by atoms with Crippen molar-refractivity contribution in [2.75, 3.05) is 12.4 Å². The largest absolute Gasteiger partial charge is 0.493 e. The van der Waals surface area contributed by atoms with Crippen molar-refractivity contribution >= 4 is 21.8 Å². The first-order valence-electron chi connectivity index (χ1n) is 6.82. The predicted molar refractivity (Wildman–Crippen MR) is 90.0 cm³/mol. The lowest BCUT2D eigenvalue weighted by Gasteiger charge is -2.08. The van der Waals surface area contributed by atoms with E-state index in [1.54, 1.807) is 23.9 Å². The number of sulfonamides is 1. The molecule has 0 amide bonds. The molecule has 4 nitrogen and oxygen atoms in total. The average molecular weight is 337 g/mol. The fourth-order valence-corrected chi connectivity index (χ4v) is 3.19. The summed E-state index contributed by atoms with van der Waals surface area (Å²) in [6.45, 7) is 4.74. The van der Waals surface area contributed by atoms with Gasteiger partial charge in [0.05, 0.1) is 11.5 Å². The maximum atomic E-state index is 11.1. The van der Waals surface area contributed by atoms with Gasteiger partial charge < -0.3 is 4.74 Å². The van der Waals surface area contributed by atoms with E-state index < -0.39 is 10.0 Å². The van der Waals surface area contributed by atoms with Crippen LogP contribution in [-0.2, 0) is 10.0 Å². The second kappa shape index (κ2) is 7.17. The topological polar surface area (TPSA) is 69.4 Å². The van der Waals surface area contributed by atoms with E-state index in [1.165, 1.54) is 28.2 Å². The molecule has 2 rings (SSSR count). The third kappa shape index (κ3) is 4.76. The fraction of sp³-hybridized carbons (Fsp3) is 0.250. The molecule has 0 saturated carbocycles. The summed E-state index contributed by atoms with van der Waals surface area (Å²) in [6, 6.07) is 12.5. The van der Waals surface area contributed by atoms with Crippen LogP contribution < -0.4 is 9.88 Å². The molecule has 2 aromatic carbocycles. The molecule has 118 valence electrons. The van der Waals surface area contributed by atoms with Gasteiger partial charge in [-0.25, -0.2) is 13.6 Å². The van der Waals surface area contributed by atoms with Crippen LogP contribution >= 0.6 is 11.8 Å². The van der Waals surface area contributed by atoms with Crippen LogP contribution in [0.1, 0.15) is 11.1 Å². The van der Waals surface area contributed by atoms with Gasteiger partial charge in [0, 0.05) is 10.6 Å². The van der Waals surface area contributed by atoms with E-state index in [-0.39, 0.29) is 4.90 Å². The first kappa shape index (κ1) is 16.9. The van der Waals surface area contributed by atoms with Gasteiger partial charge in [-0.3, -0.25) is 0 Å². The highest BCUT2D eigenvalue weighted by molar-refractivity contribution is 7.99. The van der Waals surface area contributed by atoms with Crippen LogP contribution in [0.15, 0.2) is 52.3 Å². The van der Waals surface area contributed by atoms with Gasteiger partial charge >= 0.3 is 0 Å². The van der Waals surface area contributed by atoms with Crippen molar-refractivity contribution in [1.82, 2.24) is 0 Å². The third-order valence-electron chi connectivity index (χ3n) is 3.25. The Morgan fingerprint density at radius 1 is 1.05 bits per heavy atom. The zero-order chi connectivity index (χ0) is 16.2. The second-order valence-corrected chi connectivity index (χ2v) is 7.69. The standard InChI is InChI=1S/C16H19NO3S2/c1-12-3-6-15(11-13(12)2)21-10-9-20-14-4-7-16(8-5-14)22(17,18)19/h3-8,11H,9-10H2,1-2H3,(H2,17,18,19). The maximum Gasteiger partial charge on any atom is 0.238 e. The number of aryl methyl sites for hydroxylation is 2. The van der Waals surface area contributed by atoms with Crippen LogP contribution in [0.2, 0.25) is 0 Å². The van der Waals surface area contributed by atoms with Crippen LogP contribution in [0.5, 0.6) is 5.75 Å². The molecular weight excluding hydrogens is 318 g/mol. The van der Waals surface area contributed by atoms with Gasteiger partial charge in [-0.1, -0.05) is 6.07 Å². The van der Waals surface area contributed by atoms with E-state index in [9.17, 15) is 8.42 Å². The van der Waals surface area contributed by atoms with E-state index in [4.69, 9.17) is 9.88 Å². The minimum absolute atomic E-state index is 0.0874. The molecule has 2 aromatic rings. The molecular formula is C16H19NO3S2. The molecule has 0 aliphatic rings. The van der Waals surface area contributed by atoms with Crippen molar-refractivity contribution in [1.29, 1.82) is 0 Å². The van der Waals surface area contributed by atoms with Crippen molar-refractivity contribution in [3.05, 3.63) is 53.6 Å². The molecule has 0 aliphatic heterocycles. The Kier molecular flexibility index (Phi) is 5.50. The summed E-state index contributed by atoms with van der Waals surface area (Å²) in [5.74, 6) is 1.45. The molecule has 0 aliphatic carbocycles. The Morgan fingerprint density at radius 3 is 2.32 bits per heavy atom. The number of benzene rings is 2. The number of nitrogens with two attached hydrogens (primary N) is 1. The van der Waals surface area contributed by atoms with Gasteiger partial charge in [0.1, 0.15) is 5.75 Å². The molecule has 6 heteroatoms. The summed E-state index contributed by atoms with van der Waals surface area (Å²) in [4.78, 5) is 1.31. The number of thioether (sulfide) groups is 1. The van der Waals surface area contributed by atoms with Gasteiger partial charge in [-0.2, -0.15) is 0 Å². The summed E-state index contributed by atoms with van der Waals surface area (Å²) in [6.07, 6.45) is 0. The van der Waals surface area contributed by atoms with Crippen molar-refractivity contribution in [3.63, 3.8) is 0 Å². The Hall–Kier alpha value is -1.50. The summed E-state index contributed by atoms with van der Waals surface area (Å²) >= 11 is 1.73. The highest BCUT2D eigenvalue weighted by Gasteiger charge is 2.06. The Labute approximate surface area is 135 Å². The molecule has 0 radical (unpaired) electrons. The lowest BCUT2D eigenvalue weighted by Crippen LogP contribution is -2.11. The molecule has 0 bridgehead atoms. The number of hydrogen-bond donors (Lipinski definition) is 1. The average Bonchev–Trinajstić information content (AvgIpc) is 2.47. The molecule has 0 saturated heterocycles. The number of ether oxygens (including phenoxy) is 1. The van der Waals surface area contributed by atoms with Gasteiger partial charge in [0.15, 0.2) is 0 Å². The minimum atomic E-state index is -3.65. The van der Waals surface area contributed by atoms with E-state index in [0.29, 0.717) is 12.4 Å². The molecule has 0 aromatic heterocycles. The van der Waals surface area contributed by atoms with Crippen LogP contribution in [-0.4, -0.2) is 20.8 Å². The van der Waals surface area contributed by atoms with E-state index in [0.717, 1.165) is 5.75 Å². The second-order valence-electron chi connectivity index (χ2n) is 4.96. The monoisotopic (exact) mass is 337 g/mol. The summed E-state index contributed by atoms with van der Waals surface area (Å²) in [7, 11) is -3.65. The Bertz CT molecular complexity index is 740. The first-order chi connectivity index (χ1) is 10.4. The normalized spacial score (nSPS) is 11.4. The van der Waals surface area contributed by atoms with Crippen molar-refractivity contribution < 1.29 is 13.2 Å². The zero-order valence-electron chi connectivity index (χ0n) is 12.6. The molecule has 0 fully saturated rings. The lowest BCUT2D eigenvalue weighted by atomic mass is 10.1. The number of primary sulfonamides is 1. The van der Waals surface area contributed by atoms with Gasteiger partial charge in [-0.05, 0) is 61.4 Å². The number of rotatable bonds is 6. The summed E-state index contributed by atoms with van der Waals surface area (Å²) in [5.41, 5.74) is 2.57. The van der Waals surface area contributed by atoms with Crippen LogP contribution in [0.3, 0.4) is 0 Å². The van der Waals surface area contributed by atoms with Gasteiger partial charge in [0.2, 0.25) is 10.0 Å². The maximum absolute atomic E-state index is 11.1. The Morgan fingerprint density at radius 2 is 1.73 bits per heavy atom. The third-order valence-corrected chi connectivity index (χ3v) is 5.14. The van der Waals surface area contributed by atoms with E-state index >= 15 is 0 Å². The molecule has 22 heavy (non-hydrogen) atoms. The van der Waals surface area contributed by atoms with Crippen molar-refractivity contribution in [2.45, 2.75) is 23.6 Å². The highest BCUT2D eigenvalue weighted by atomic mass is 32.2. The first-order valence-corrected chi connectivity index (χ1v) is 9.35.